The zero-order valence-corrected chi connectivity index (χ0v) is 19.8. The number of carbonyl (C=O) groups excluding carboxylic acids is 1. The minimum atomic E-state index is 0.182. The van der Waals surface area contributed by atoms with E-state index in [0.29, 0.717) is 13.0 Å². The van der Waals surface area contributed by atoms with Crippen LogP contribution in [0, 0.1) is 13.8 Å². The number of aryl methyl sites for hydroxylation is 1. The molecular formula is C29H34N2O2. The van der Waals surface area contributed by atoms with Gasteiger partial charge in [-0.25, -0.2) is 0 Å². The third-order valence-corrected chi connectivity index (χ3v) is 5.97. The Labute approximate surface area is 197 Å². The maximum absolute atomic E-state index is 13.0. The third kappa shape index (κ3) is 6.04. The summed E-state index contributed by atoms with van der Waals surface area (Å²) in [6, 6.07) is 14.4. The molecule has 0 saturated carbocycles. The summed E-state index contributed by atoms with van der Waals surface area (Å²) in [5.74, 6) is 1.10. The number of fused-ring (bicyclic) bond motifs is 1. The molecule has 0 radical (unpaired) electrons. The first-order valence-corrected chi connectivity index (χ1v) is 11.5. The van der Waals surface area contributed by atoms with Crippen LogP contribution in [0.2, 0.25) is 0 Å². The van der Waals surface area contributed by atoms with E-state index in [4.69, 9.17) is 4.74 Å². The monoisotopic (exact) mass is 442 g/mol. The van der Waals surface area contributed by atoms with Crippen molar-refractivity contribution >= 4 is 11.6 Å². The van der Waals surface area contributed by atoms with Crippen molar-refractivity contribution < 1.29 is 9.53 Å². The van der Waals surface area contributed by atoms with Gasteiger partial charge in [0.25, 0.3) is 0 Å². The molecule has 33 heavy (non-hydrogen) atoms. The number of amides is 1. The number of ether oxygens (including phenoxy) is 1. The smallest absolute Gasteiger partial charge is 0.227 e. The lowest BCUT2D eigenvalue weighted by Gasteiger charge is -2.31. The van der Waals surface area contributed by atoms with Crippen LogP contribution >= 0.6 is 0 Å². The summed E-state index contributed by atoms with van der Waals surface area (Å²) >= 11 is 0. The number of hydrogen-bond donors (Lipinski definition) is 1. The van der Waals surface area contributed by atoms with Crippen LogP contribution in [0.1, 0.15) is 36.0 Å². The van der Waals surface area contributed by atoms with Crippen LogP contribution < -0.4 is 9.64 Å². The second-order valence-electron chi connectivity index (χ2n) is 8.17. The van der Waals surface area contributed by atoms with E-state index in [1.807, 2.05) is 29.4 Å². The number of rotatable bonds is 7. The van der Waals surface area contributed by atoms with Gasteiger partial charge in [-0.2, -0.15) is 0 Å². The predicted molar refractivity (Wildman–Crippen MR) is 138 cm³/mol. The highest BCUT2D eigenvalue weighted by atomic mass is 16.5. The van der Waals surface area contributed by atoms with Crippen molar-refractivity contribution in [3.8, 4) is 16.9 Å². The molecule has 1 amide bonds. The highest BCUT2D eigenvalue weighted by molar-refractivity contribution is 5.96. The molecule has 0 aliphatic carbocycles. The predicted octanol–water partition coefficient (Wildman–Crippen LogP) is 6.80. The van der Waals surface area contributed by atoms with Gasteiger partial charge < -0.3 is 14.6 Å². The minimum absolute atomic E-state index is 0.182. The number of aromatic amines is 1. The molecule has 1 aliphatic heterocycles. The average Bonchev–Trinajstić information content (AvgIpc) is 3.38. The first-order valence-electron chi connectivity index (χ1n) is 11.5. The van der Waals surface area contributed by atoms with Gasteiger partial charge in [-0.3, -0.25) is 4.79 Å². The normalized spacial score (nSPS) is 12.2. The molecule has 0 atom stereocenters. The van der Waals surface area contributed by atoms with Crippen molar-refractivity contribution in [3.05, 3.63) is 96.9 Å². The lowest BCUT2D eigenvalue weighted by atomic mass is 9.93. The minimum Gasteiger partial charge on any atom is -0.493 e. The molecule has 0 unspecified atom stereocenters. The van der Waals surface area contributed by atoms with Crippen LogP contribution in [0.15, 0.2) is 80.2 Å². The van der Waals surface area contributed by atoms with E-state index in [1.165, 1.54) is 27.8 Å². The van der Waals surface area contributed by atoms with Gasteiger partial charge in [0, 0.05) is 31.0 Å². The molecule has 0 fully saturated rings. The molecule has 172 valence electrons. The van der Waals surface area contributed by atoms with Gasteiger partial charge in [0.15, 0.2) is 0 Å². The Morgan fingerprint density at radius 3 is 2.64 bits per heavy atom. The van der Waals surface area contributed by atoms with Crippen molar-refractivity contribution in [1.29, 1.82) is 0 Å². The Bertz CT molecular complexity index is 1080. The summed E-state index contributed by atoms with van der Waals surface area (Å²) in [7, 11) is 0. The number of nitrogens with zero attached hydrogens (tertiary/aromatic N) is 1. The fraction of sp³-hybridized carbons (Fsp3) is 0.276. The zero-order chi connectivity index (χ0) is 23.6. The Hall–Kier alpha value is -3.53. The van der Waals surface area contributed by atoms with E-state index in [-0.39, 0.29) is 5.91 Å². The van der Waals surface area contributed by atoms with E-state index in [2.05, 4.69) is 62.3 Å². The van der Waals surface area contributed by atoms with Crippen molar-refractivity contribution in [2.24, 2.45) is 0 Å². The summed E-state index contributed by atoms with van der Waals surface area (Å²) < 4.78 is 5.92. The zero-order valence-electron chi connectivity index (χ0n) is 19.8. The molecule has 1 aromatic heterocycles. The van der Waals surface area contributed by atoms with Crippen LogP contribution in [0.5, 0.6) is 5.75 Å². The molecule has 4 heteroatoms. The molecule has 0 spiro atoms. The summed E-state index contributed by atoms with van der Waals surface area (Å²) in [5.41, 5.74) is 7.13. The van der Waals surface area contributed by atoms with E-state index >= 15 is 0 Å². The number of benzene rings is 2. The molecule has 0 saturated heterocycles. The number of nitrogens with one attached hydrogen (secondary N) is 1. The molecule has 1 aliphatic rings. The van der Waals surface area contributed by atoms with Crippen molar-refractivity contribution in [2.75, 3.05) is 18.1 Å². The Kier molecular flexibility index (Phi) is 8.71. The highest BCUT2D eigenvalue weighted by Gasteiger charge is 2.24. The number of H-pyrrole nitrogens is 1. The number of anilines is 1. The maximum Gasteiger partial charge on any atom is 0.227 e. The summed E-state index contributed by atoms with van der Waals surface area (Å²) in [6.45, 7) is 12.2. The first kappa shape index (κ1) is 24.1. The Morgan fingerprint density at radius 1 is 1.12 bits per heavy atom. The van der Waals surface area contributed by atoms with Gasteiger partial charge in [0.2, 0.25) is 5.91 Å². The quantitative estimate of drug-likeness (QED) is 0.323. The van der Waals surface area contributed by atoms with Gasteiger partial charge >= 0.3 is 0 Å². The molecular weight excluding hydrogens is 408 g/mol. The number of aromatic nitrogens is 1. The Balaban J connectivity index is 0.000000709. The summed E-state index contributed by atoms with van der Waals surface area (Å²) in [5, 5.41) is 0. The topological polar surface area (TPSA) is 45.3 Å². The second kappa shape index (κ2) is 11.9. The largest absolute Gasteiger partial charge is 0.493 e. The van der Waals surface area contributed by atoms with E-state index in [1.54, 1.807) is 12.2 Å². The van der Waals surface area contributed by atoms with Crippen LogP contribution in [0.3, 0.4) is 0 Å². The average molecular weight is 443 g/mol. The lowest BCUT2D eigenvalue weighted by Crippen LogP contribution is -2.35. The lowest BCUT2D eigenvalue weighted by molar-refractivity contribution is -0.118. The number of hydrogen-bond acceptors (Lipinski definition) is 2. The van der Waals surface area contributed by atoms with E-state index in [0.717, 1.165) is 37.2 Å². The molecule has 2 heterocycles. The maximum atomic E-state index is 13.0. The summed E-state index contributed by atoms with van der Waals surface area (Å²) in [4.78, 5) is 18.1. The van der Waals surface area contributed by atoms with Crippen molar-refractivity contribution in [2.45, 2.75) is 39.5 Å². The van der Waals surface area contributed by atoms with Gasteiger partial charge in [-0.15, -0.1) is 0 Å². The van der Waals surface area contributed by atoms with Gasteiger partial charge in [-0.05, 0) is 79.1 Å². The van der Waals surface area contributed by atoms with Gasteiger partial charge in [0.05, 0.1) is 6.61 Å². The van der Waals surface area contributed by atoms with Crippen molar-refractivity contribution in [1.82, 2.24) is 4.98 Å². The summed E-state index contributed by atoms with van der Waals surface area (Å²) in [6.07, 6.45) is 10.5. The molecule has 4 rings (SSSR count). The second-order valence-corrected chi connectivity index (χ2v) is 8.17. The fourth-order valence-corrected chi connectivity index (χ4v) is 4.07. The molecule has 1 N–H and O–H groups in total. The van der Waals surface area contributed by atoms with Gasteiger partial charge in [0.1, 0.15) is 5.75 Å². The van der Waals surface area contributed by atoms with Gasteiger partial charge in [-0.1, -0.05) is 49.6 Å². The first-order chi connectivity index (χ1) is 16.1. The van der Waals surface area contributed by atoms with E-state index < -0.39 is 0 Å². The van der Waals surface area contributed by atoms with Crippen LogP contribution in [-0.2, 0) is 11.2 Å². The standard InChI is InChI=1S/C25H28N2O2.C4H6/c1-18-7-3-11-24(19(18)2)29-16-6-12-25(28)27-15-5-9-22-21(8-4-10-23(22)27)20-13-14-26-17-20;1-3-4-2/h3-4,7-8,10-11,13-14,17,26H,5-6,9,12,15-16H2,1-2H3;3-4H,1-2H2. The highest BCUT2D eigenvalue weighted by Crippen LogP contribution is 2.35. The number of carbonyl (C=O) groups is 1. The van der Waals surface area contributed by atoms with Crippen molar-refractivity contribution in [3.63, 3.8) is 0 Å². The SMILES string of the molecule is C=CC=C.Cc1cccc(OCCCC(=O)N2CCCc3c(-c4cc[nH]c4)cccc32)c1C. The molecule has 3 aromatic rings. The third-order valence-electron chi connectivity index (χ3n) is 5.97. The van der Waals surface area contributed by atoms with Crippen LogP contribution in [0.25, 0.3) is 11.1 Å². The molecule has 4 nitrogen and oxygen atoms in total. The molecule has 2 aromatic carbocycles. The van der Waals surface area contributed by atoms with E-state index in [9.17, 15) is 4.79 Å². The number of allylic oxidation sites excluding steroid dienone is 2. The van der Waals surface area contributed by atoms with Crippen LogP contribution in [0.4, 0.5) is 5.69 Å². The Morgan fingerprint density at radius 2 is 1.91 bits per heavy atom. The van der Waals surface area contributed by atoms with Crippen LogP contribution in [-0.4, -0.2) is 24.0 Å². The molecule has 0 bridgehead atoms. The fourth-order valence-electron chi connectivity index (χ4n) is 4.07.